The zero-order valence-corrected chi connectivity index (χ0v) is 18.9. The molecule has 4 aromatic rings. The van der Waals surface area contributed by atoms with Crippen molar-refractivity contribution >= 4 is 33.5 Å². The van der Waals surface area contributed by atoms with Crippen molar-refractivity contribution in [2.24, 2.45) is 5.92 Å². The van der Waals surface area contributed by atoms with Crippen molar-refractivity contribution in [3.05, 3.63) is 53.9 Å². The molecule has 6 rings (SSSR count). The van der Waals surface area contributed by atoms with Crippen LogP contribution in [0.4, 0.5) is 14.6 Å². The number of fused-ring (bicyclic) bond motifs is 2. The smallest absolute Gasteiger partial charge is 0.306 e. The number of carbonyl (C=O) groups is 1. The molecule has 9 heteroatoms. The third-order valence-corrected chi connectivity index (χ3v) is 7.24. The average molecular weight is 478 g/mol. The van der Waals surface area contributed by atoms with E-state index in [1.807, 2.05) is 12.1 Å². The summed E-state index contributed by atoms with van der Waals surface area (Å²) in [5.41, 5.74) is 2.98. The Morgan fingerprint density at radius 2 is 1.89 bits per heavy atom. The number of benzene rings is 2. The maximum atomic E-state index is 14.4. The summed E-state index contributed by atoms with van der Waals surface area (Å²) in [7, 11) is 0. The predicted octanol–water partition coefficient (Wildman–Crippen LogP) is 5.23. The van der Waals surface area contributed by atoms with Gasteiger partial charge in [0.1, 0.15) is 5.82 Å². The Morgan fingerprint density at radius 3 is 2.63 bits per heavy atom. The summed E-state index contributed by atoms with van der Waals surface area (Å²) < 4.78 is 33.7. The Hall–Kier alpha value is -3.59. The first kappa shape index (κ1) is 21.9. The van der Waals surface area contributed by atoms with Gasteiger partial charge in [0.15, 0.2) is 11.6 Å². The van der Waals surface area contributed by atoms with Crippen molar-refractivity contribution in [3.8, 4) is 11.1 Å². The number of hydrogen-bond donors (Lipinski definition) is 3. The highest BCUT2D eigenvalue weighted by molar-refractivity contribution is 6.09. The van der Waals surface area contributed by atoms with Crippen molar-refractivity contribution in [1.82, 2.24) is 15.2 Å². The van der Waals surface area contributed by atoms with Gasteiger partial charge >= 0.3 is 5.97 Å². The van der Waals surface area contributed by atoms with Crippen molar-refractivity contribution in [2.75, 3.05) is 18.5 Å². The van der Waals surface area contributed by atoms with E-state index in [1.54, 1.807) is 12.3 Å². The van der Waals surface area contributed by atoms with Crippen molar-refractivity contribution in [2.45, 2.75) is 37.6 Å². The zero-order valence-electron chi connectivity index (χ0n) is 18.9. The van der Waals surface area contributed by atoms with Crippen molar-refractivity contribution in [3.63, 3.8) is 0 Å². The van der Waals surface area contributed by atoms with E-state index in [2.05, 4.69) is 15.5 Å². The fraction of sp³-hybridized carbons (Fsp3) is 0.346. The topological polar surface area (TPSA) is 100 Å². The molecule has 2 aromatic carbocycles. The molecule has 35 heavy (non-hydrogen) atoms. The van der Waals surface area contributed by atoms with E-state index < -0.39 is 17.6 Å². The first-order chi connectivity index (χ1) is 17.0. The van der Waals surface area contributed by atoms with Crippen LogP contribution in [0.25, 0.3) is 32.8 Å². The molecular weight excluding hydrogens is 454 g/mol. The molecule has 1 saturated heterocycles. The molecule has 1 saturated carbocycles. The summed E-state index contributed by atoms with van der Waals surface area (Å²) in [6.45, 7) is 1.21. The molecule has 180 valence electrons. The summed E-state index contributed by atoms with van der Waals surface area (Å²) in [5, 5.41) is 22.5. The van der Waals surface area contributed by atoms with Gasteiger partial charge in [0, 0.05) is 41.5 Å². The van der Waals surface area contributed by atoms with Crippen LogP contribution in [0.5, 0.6) is 0 Å². The molecule has 1 aliphatic carbocycles. The standard InChI is InChI=1S/C26H24F2N4O3/c27-20-2-1-14(10-21(20)28)23-18-9-16-12-29-32-22(16)11-19(18)25(30-17-7-15(8-17)26(33)34)31-24(23)13-3-5-35-6-4-13/h1-2,9-13,15,17H,3-8H2,(H,29,32)(H,30,31)(H,33,34)/t15-,17-. The maximum absolute atomic E-state index is 14.4. The molecule has 3 heterocycles. The maximum Gasteiger partial charge on any atom is 0.306 e. The molecule has 0 atom stereocenters. The van der Waals surface area contributed by atoms with E-state index in [0.29, 0.717) is 37.4 Å². The number of halogens is 2. The molecular formula is C26H24F2N4O3. The second-order valence-corrected chi connectivity index (χ2v) is 9.44. The Kier molecular flexibility index (Phi) is 5.36. The molecule has 2 aromatic heterocycles. The molecule has 2 fully saturated rings. The first-order valence-electron chi connectivity index (χ1n) is 11.8. The van der Waals surface area contributed by atoms with Gasteiger partial charge in [-0.15, -0.1) is 0 Å². The number of carboxylic acid groups (broad SMARTS) is 1. The van der Waals surface area contributed by atoms with Crippen LogP contribution in [-0.2, 0) is 9.53 Å². The van der Waals surface area contributed by atoms with Crippen LogP contribution in [0, 0.1) is 17.6 Å². The van der Waals surface area contributed by atoms with E-state index in [9.17, 15) is 18.7 Å². The van der Waals surface area contributed by atoms with Crippen molar-refractivity contribution in [1.29, 1.82) is 0 Å². The largest absolute Gasteiger partial charge is 0.481 e. The normalized spacial score (nSPS) is 20.7. The zero-order chi connectivity index (χ0) is 24.1. The lowest BCUT2D eigenvalue weighted by atomic mass is 9.80. The number of aliphatic carboxylic acids is 1. The SMILES string of the molecule is O=C(O)[C@H]1C[C@H](Nc2nc(C3CCOCC3)c(-c3ccc(F)c(F)c3)c3cc4cn[nH]c4cc23)C1. The van der Waals surface area contributed by atoms with E-state index in [-0.39, 0.29) is 17.9 Å². The monoisotopic (exact) mass is 478 g/mol. The number of H-pyrrole nitrogens is 1. The summed E-state index contributed by atoms with van der Waals surface area (Å²) in [6, 6.07) is 7.92. The number of aromatic nitrogens is 3. The van der Waals surface area contributed by atoms with Gasteiger partial charge in [-0.05, 0) is 60.9 Å². The van der Waals surface area contributed by atoms with Gasteiger partial charge in [0.05, 0.1) is 23.3 Å². The molecule has 0 spiro atoms. The second-order valence-electron chi connectivity index (χ2n) is 9.44. The van der Waals surface area contributed by atoms with E-state index in [0.717, 1.165) is 51.8 Å². The number of nitrogens with zero attached hydrogens (tertiary/aromatic N) is 2. The van der Waals surface area contributed by atoms with E-state index in [1.165, 1.54) is 6.07 Å². The molecule has 2 aliphatic rings. The lowest BCUT2D eigenvalue weighted by Crippen LogP contribution is -2.39. The van der Waals surface area contributed by atoms with Crippen LogP contribution in [-0.4, -0.2) is 45.5 Å². The van der Waals surface area contributed by atoms with Crippen LogP contribution in [0.15, 0.2) is 36.5 Å². The lowest BCUT2D eigenvalue weighted by Gasteiger charge is -2.34. The van der Waals surface area contributed by atoms with Gasteiger partial charge < -0.3 is 15.2 Å². The number of ether oxygens (including phenoxy) is 1. The van der Waals surface area contributed by atoms with Crippen LogP contribution < -0.4 is 5.32 Å². The number of hydrogen-bond acceptors (Lipinski definition) is 5. The first-order valence-corrected chi connectivity index (χ1v) is 11.8. The van der Waals surface area contributed by atoms with Crippen LogP contribution >= 0.6 is 0 Å². The Labute approximate surface area is 199 Å². The number of nitrogens with one attached hydrogen (secondary N) is 2. The van der Waals surface area contributed by atoms with Gasteiger partial charge in [0.2, 0.25) is 0 Å². The van der Waals surface area contributed by atoms with Crippen molar-refractivity contribution < 1.29 is 23.4 Å². The Bertz CT molecular complexity index is 1440. The van der Waals surface area contributed by atoms with Crippen LogP contribution in [0.2, 0.25) is 0 Å². The summed E-state index contributed by atoms with van der Waals surface area (Å²) >= 11 is 0. The lowest BCUT2D eigenvalue weighted by molar-refractivity contribution is -0.144. The van der Waals surface area contributed by atoms with E-state index in [4.69, 9.17) is 9.72 Å². The molecule has 0 unspecified atom stereocenters. The average Bonchev–Trinajstić information content (AvgIpc) is 3.29. The molecule has 0 radical (unpaired) electrons. The quantitative estimate of drug-likeness (QED) is 0.363. The fourth-order valence-corrected chi connectivity index (χ4v) is 5.23. The number of anilines is 1. The summed E-state index contributed by atoms with van der Waals surface area (Å²) in [6.07, 6.45) is 4.33. The molecule has 7 nitrogen and oxygen atoms in total. The summed E-state index contributed by atoms with van der Waals surface area (Å²) in [5.74, 6) is -2.18. The number of pyridine rings is 1. The fourth-order valence-electron chi connectivity index (χ4n) is 5.23. The highest BCUT2D eigenvalue weighted by atomic mass is 19.2. The van der Waals surface area contributed by atoms with Gasteiger partial charge in [-0.1, -0.05) is 6.07 Å². The van der Waals surface area contributed by atoms with Gasteiger partial charge in [-0.25, -0.2) is 13.8 Å². The third kappa shape index (κ3) is 3.89. The Balaban J connectivity index is 1.57. The van der Waals surface area contributed by atoms with Crippen LogP contribution in [0.3, 0.4) is 0 Å². The highest BCUT2D eigenvalue weighted by Crippen LogP contribution is 2.43. The predicted molar refractivity (Wildman–Crippen MR) is 127 cm³/mol. The van der Waals surface area contributed by atoms with Gasteiger partial charge in [-0.2, -0.15) is 5.10 Å². The Morgan fingerprint density at radius 1 is 1.09 bits per heavy atom. The van der Waals surface area contributed by atoms with Gasteiger partial charge in [0.25, 0.3) is 0 Å². The molecule has 3 N–H and O–H groups in total. The van der Waals surface area contributed by atoms with Crippen LogP contribution in [0.1, 0.15) is 37.3 Å². The number of carboxylic acids is 1. The molecule has 0 bridgehead atoms. The van der Waals surface area contributed by atoms with Gasteiger partial charge in [-0.3, -0.25) is 9.89 Å². The third-order valence-electron chi connectivity index (χ3n) is 7.24. The minimum Gasteiger partial charge on any atom is -0.481 e. The van der Waals surface area contributed by atoms with E-state index >= 15 is 0 Å². The minimum atomic E-state index is -0.908. The highest BCUT2D eigenvalue weighted by Gasteiger charge is 2.35. The second kappa shape index (κ2) is 8.57. The molecule has 0 amide bonds. The minimum absolute atomic E-state index is 0.000851. The summed E-state index contributed by atoms with van der Waals surface area (Å²) in [4.78, 5) is 16.4. The molecule has 1 aliphatic heterocycles. The number of rotatable bonds is 5. The number of aromatic amines is 1.